The Morgan fingerprint density at radius 2 is 0.969 bits per heavy atom. The zero-order chi connectivity index (χ0) is 45.9. The third-order valence-corrected chi connectivity index (χ3v) is 12.5. The molecule has 0 saturated heterocycles. The van der Waals surface area contributed by atoms with Crippen molar-refractivity contribution in [2.45, 2.75) is 69.2 Å². The van der Waals surface area contributed by atoms with Gasteiger partial charge in [-0.15, -0.1) is 0 Å². The lowest BCUT2D eigenvalue weighted by atomic mass is 10.0. The van der Waals surface area contributed by atoms with E-state index in [0.29, 0.717) is 11.0 Å². The summed E-state index contributed by atoms with van der Waals surface area (Å²) in [5, 5.41) is 19.5. The second-order valence-electron chi connectivity index (χ2n) is 16.7. The van der Waals surface area contributed by atoms with Crippen LogP contribution in [0.1, 0.15) is 59.8 Å². The Bertz CT molecular complexity index is 2720. The highest BCUT2D eigenvalue weighted by molar-refractivity contribution is 8.00. The quantitative estimate of drug-likeness (QED) is 0.0575. The summed E-state index contributed by atoms with van der Waals surface area (Å²) in [4.78, 5) is 71.1. The first-order valence-corrected chi connectivity index (χ1v) is 22.7. The molecule has 11 nitrogen and oxygen atoms in total. The monoisotopic (exact) mass is 886 g/mol. The van der Waals surface area contributed by atoms with Crippen molar-refractivity contribution in [3.05, 3.63) is 186 Å². The molecule has 0 aliphatic heterocycles. The fourth-order valence-electron chi connectivity index (χ4n) is 7.63. The number of hydrogen-bond acceptors (Lipinski definition) is 8. The summed E-state index contributed by atoms with van der Waals surface area (Å²) >= 11 is 1.30. The third kappa shape index (κ3) is 11.8. The van der Waals surface area contributed by atoms with Gasteiger partial charge < -0.3 is 25.5 Å². The Morgan fingerprint density at radius 1 is 0.538 bits per heavy atom. The van der Waals surface area contributed by atoms with Crippen molar-refractivity contribution in [3.63, 3.8) is 0 Å². The number of para-hydroxylation sites is 2. The van der Waals surface area contributed by atoms with E-state index in [1.54, 1.807) is 21.9 Å². The number of aromatic nitrogens is 2. The SMILES string of the molecule is CC(C)[C@H](NC(=O)c1ccc2ccccc2n1)C(=O)N(Cc1ccccc1)CC(O)C(Sc1ccccc1)N(Cc1ccccc1)C(=O)[C@@H](NC(=O)c1ccc2ccccc2n1)C(C)C. The number of nitrogens with one attached hydrogen (secondary N) is 2. The fourth-order valence-corrected chi connectivity index (χ4v) is 8.77. The van der Waals surface area contributed by atoms with E-state index in [4.69, 9.17) is 0 Å². The van der Waals surface area contributed by atoms with Crippen LogP contribution in [0.2, 0.25) is 0 Å². The lowest BCUT2D eigenvalue weighted by molar-refractivity contribution is -0.139. The smallest absolute Gasteiger partial charge is 0.270 e. The Labute approximate surface area is 384 Å². The lowest BCUT2D eigenvalue weighted by Crippen LogP contribution is -2.58. The predicted octanol–water partition coefficient (Wildman–Crippen LogP) is 8.53. The zero-order valence-corrected chi connectivity index (χ0v) is 37.8. The number of benzene rings is 5. The van der Waals surface area contributed by atoms with Gasteiger partial charge in [0.1, 0.15) is 34.9 Å². The van der Waals surface area contributed by atoms with E-state index in [1.807, 2.05) is 179 Å². The second-order valence-corrected chi connectivity index (χ2v) is 17.9. The molecule has 12 heteroatoms. The number of nitrogens with zero attached hydrogens (tertiary/aromatic N) is 4. The van der Waals surface area contributed by atoms with Crippen molar-refractivity contribution in [1.82, 2.24) is 30.4 Å². The minimum Gasteiger partial charge on any atom is -0.388 e. The average Bonchev–Trinajstić information content (AvgIpc) is 3.33. The summed E-state index contributed by atoms with van der Waals surface area (Å²) in [7, 11) is 0. The second kappa shape index (κ2) is 21.7. The molecule has 332 valence electrons. The van der Waals surface area contributed by atoms with Gasteiger partial charge in [0.2, 0.25) is 11.8 Å². The maximum absolute atomic E-state index is 15.3. The van der Waals surface area contributed by atoms with Crippen molar-refractivity contribution < 1.29 is 24.3 Å². The minimum atomic E-state index is -1.34. The van der Waals surface area contributed by atoms with Gasteiger partial charge >= 0.3 is 0 Å². The van der Waals surface area contributed by atoms with E-state index in [-0.39, 0.29) is 42.9 Å². The van der Waals surface area contributed by atoms with Gasteiger partial charge in [0, 0.05) is 35.3 Å². The molecular formula is C53H54N6O5S. The van der Waals surface area contributed by atoms with Crippen molar-refractivity contribution in [3.8, 4) is 0 Å². The van der Waals surface area contributed by atoms with Crippen molar-refractivity contribution in [1.29, 1.82) is 0 Å². The summed E-state index contributed by atoms with van der Waals surface area (Å²) in [5.74, 6) is -2.54. The van der Waals surface area contributed by atoms with Gasteiger partial charge in [0.05, 0.1) is 11.0 Å². The summed E-state index contributed by atoms with van der Waals surface area (Å²) < 4.78 is 0. The van der Waals surface area contributed by atoms with Crippen LogP contribution in [0.4, 0.5) is 0 Å². The van der Waals surface area contributed by atoms with Crippen LogP contribution < -0.4 is 10.6 Å². The summed E-state index contributed by atoms with van der Waals surface area (Å²) in [6.45, 7) is 7.44. The molecular weight excluding hydrogens is 833 g/mol. The molecule has 7 aromatic rings. The number of carbonyl (C=O) groups excluding carboxylic acids is 4. The number of aliphatic hydroxyl groups excluding tert-OH is 1. The maximum Gasteiger partial charge on any atom is 0.270 e. The number of fused-ring (bicyclic) bond motifs is 2. The molecule has 7 rings (SSSR count). The minimum absolute atomic E-state index is 0.0879. The lowest BCUT2D eigenvalue weighted by Gasteiger charge is -2.39. The van der Waals surface area contributed by atoms with Gasteiger partial charge in [0.25, 0.3) is 11.8 Å². The molecule has 65 heavy (non-hydrogen) atoms. The van der Waals surface area contributed by atoms with Crippen LogP contribution in [-0.2, 0) is 22.7 Å². The molecule has 0 spiro atoms. The van der Waals surface area contributed by atoms with E-state index < -0.39 is 47.2 Å². The summed E-state index contributed by atoms with van der Waals surface area (Å²) in [6.07, 6.45) is -1.34. The van der Waals surface area contributed by atoms with Crippen LogP contribution in [0.15, 0.2) is 169 Å². The predicted molar refractivity (Wildman–Crippen MR) is 257 cm³/mol. The van der Waals surface area contributed by atoms with E-state index in [1.165, 1.54) is 11.8 Å². The highest BCUT2D eigenvalue weighted by Crippen LogP contribution is 2.32. The number of pyridine rings is 2. The molecule has 0 aliphatic carbocycles. The molecule has 2 aromatic heterocycles. The first-order valence-electron chi connectivity index (χ1n) is 21.9. The molecule has 0 aliphatic rings. The first-order chi connectivity index (χ1) is 31.4. The molecule has 0 fully saturated rings. The molecule has 4 amide bonds. The van der Waals surface area contributed by atoms with Crippen LogP contribution in [0, 0.1) is 11.8 Å². The van der Waals surface area contributed by atoms with Crippen LogP contribution >= 0.6 is 11.8 Å². The molecule has 5 aromatic carbocycles. The Hall–Kier alpha value is -6.89. The number of rotatable bonds is 18. The molecule has 0 saturated carbocycles. The van der Waals surface area contributed by atoms with Gasteiger partial charge in [-0.2, -0.15) is 0 Å². The summed E-state index contributed by atoms with van der Waals surface area (Å²) in [5.41, 5.74) is 3.27. The molecule has 3 N–H and O–H groups in total. The fraction of sp³-hybridized carbons (Fsp3) is 0.245. The molecule has 0 radical (unpaired) electrons. The van der Waals surface area contributed by atoms with Crippen molar-refractivity contribution >= 4 is 57.2 Å². The Balaban J connectivity index is 1.23. The summed E-state index contributed by atoms with van der Waals surface area (Å²) in [6, 6.07) is 48.3. The average molecular weight is 887 g/mol. The number of aliphatic hydroxyl groups is 1. The van der Waals surface area contributed by atoms with Gasteiger partial charge in [-0.25, -0.2) is 9.97 Å². The van der Waals surface area contributed by atoms with Crippen LogP contribution in [0.3, 0.4) is 0 Å². The number of hydrogen-bond donors (Lipinski definition) is 3. The van der Waals surface area contributed by atoms with E-state index in [0.717, 1.165) is 26.8 Å². The van der Waals surface area contributed by atoms with Crippen molar-refractivity contribution in [2.24, 2.45) is 11.8 Å². The van der Waals surface area contributed by atoms with E-state index >= 15 is 4.79 Å². The zero-order valence-electron chi connectivity index (χ0n) is 37.0. The standard InChI is InChI=1S/C53H54N6O5S/c1-35(2)47(56-49(61)44-30-28-39-22-14-16-26-42(39)54-44)51(63)58(32-37-18-8-5-9-19-37)34-46(60)53(65-41-24-12-7-13-25-41)59(33-38-20-10-6-11-21-38)52(64)48(36(3)4)57-50(62)45-31-29-40-23-15-17-27-43(40)55-45/h5-31,35-36,46-48,53,60H,32-34H2,1-4H3,(H,56,61)(H,57,62)/t46?,47-,48-,53?/m0/s1. The molecule has 2 unspecified atom stereocenters. The van der Waals surface area contributed by atoms with E-state index in [2.05, 4.69) is 20.6 Å². The van der Waals surface area contributed by atoms with Crippen LogP contribution in [0.25, 0.3) is 21.8 Å². The van der Waals surface area contributed by atoms with Crippen LogP contribution in [-0.4, -0.2) is 78.6 Å². The topological polar surface area (TPSA) is 145 Å². The van der Waals surface area contributed by atoms with Gasteiger partial charge in [0.15, 0.2) is 0 Å². The number of amides is 4. The Morgan fingerprint density at radius 3 is 1.46 bits per heavy atom. The van der Waals surface area contributed by atoms with E-state index in [9.17, 15) is 19.5 Å². The van der Waals surface area contributed by atoms with Gasteiger partial charge in [-0.3, -0.25) is 19.2 Å². The largest absolute Gasteiger partial charge is 0.388 e. The highest BCUT2D eigenvalue weighted by Gasteiger charge is 2.39. The molecule has 0 bridgehead atoms. The highest BCUT2D eigenvalue weighted by atomic mass is 32.2. The third-order valence-electron chi connectivity index (χ3n) is 11.2. The van der Waals surface area contributed by atoms with Gasteiger partial charge in [-0.05, 0) is 59.4 Å². The molecule has 2 heterocycles. The first kappa shape index (κ1) is 46.1. The van der Waals surface area contributed by atoms with Crippen LogP contribution in [0.5, 0.6) is 0 Å². The normalized spacial score (nSPS) is 13.2. The van der Waals surface area contributed by atoms with Gasteiger partial charge in [-0.1, -0.05) is 167 Å². The number of carbonyl (C=O) groups is 4. The maximum atomic E-state index is 15.3. The Kier molecular flexibility index (Phi) is 15.4. The molecule has 4 atom stereocenters. The van der Waals surface area contributed by atoms with Crippen molar-refractivity contribution in [2.75, 3.05) is 6.54 Å². The number of thioether (sulfide) groups is 1.